The molecule has 158 valence electrons. The highest BCUT2D eigenvalue weighted by Crippen LogP contribution is 2.53. The minimum Gasteiger partial charge on any atom is -0.451 e. The number of benzene rings is 2. The van der Waals surface area contributed by atoms with Gasteiger partial charge in [0, 0.05) is 10.3 Å². The topological polar surface area (TPSA) is 63.7 Å². The maximum atomic E-state index is 13.4. The van der Waals surface area contributed by atoms with Crippen molar-refractivity contribution in [1.82, 2.24) is 4.90 Å². The SMILES string of the molecule is CC1(C)SC2/C(=C/C=C\C=O)C(=O)N2C1C(=O)OC(c1ccccc1)c1ccccc1. The van der Waals surface area contributed by atoms with Gasteiger partial charge in [-0.2, -0.15) is 0 Å². The second kappa shape index (κ2) is 8.55. The van der Waals surface area contributed by atoms with Crippen molar-refractivity contribution in [2.45, 2.75) is 36.1 Å². The molecule has 2 aromatic carbocycles. The molecule has 2 aliphatic heterocycles. The molecule has 4 rings (SSSR count). The van der Waals surface area contributed by atoms with Crippen molar-refractivity contribution in [3.8, 4) is 0 Å². The van der Waals surface area contributed by atoms with E-state index in [1.807, 2.05) is 74.5 Å². The Balaban J connectivity index is 1.61. The highest BCUT2D eigenvalue weighted by atomic mass is 32.2. The summed E-state index contributed by atoms with van der Waals surface area (Å²) in [6.07, 6.45) is 4.64. The van der Waals surface area contributed by atoms with Gasteiger partial charge in [-0.3, -0.25) is 9.59 Å². The first-order valence-corrected chi connectivity index (χ1v) is 10.9. The van der Waals surface area contributed by atoms with Gasteiger partial charge in [-0.15, -0.1) is 11.8 Å². The van der Waals surface area contributed by atoms with Gasteiger partial charge < -0.3 is 9.64 Å². The molecule has 2 atom stereocenters. The number of thioether (sulfide) groups is 1. The van der Waals surface area contributed by atoms with Crippen molar-refractivity contribution >= 4 is 29.9 Å². The Bertz CT molecular complexity index is 1010. The quantitative estimate of drug-likeness (QED) is 0.298. The number of hydrogen-bond acceptors (Lipinski definition) is 5. The summed E-state index contributed by atoms with van der Waals surface area (Å²) in [4.78, 5) is 38.3. The molecule has 31 heavy (non-hydrogen) atoms. The maximum absolute atomic E-state index is 13.4. The van der Waals surface area contributed by atoms with E-state index in [9.17, 15) is 14.4 Å². The maximum Gasteiger partial charge on any atom is 0.331 e. The minimum atomic E-state index is -0.697. The van der Waals surface area contributed by atoms with E-state index in [-0.39, 0.29) is 11.3 Å². The highest BCUT2D eigenvalue weighted by Gasteiger charge is 2.61. The normalized spacial score (nSPS) is 23.1. The van der Waals surface area contributed by atoms with Crippen LogP contribution in [0.3, 0.4) is 0 Å². The van der Waals surface area contributed by atoms with Gasteiger partial charge >= 0.3 is 5.97 Å². The number of fused-ring (bicyclic) bond motifs is 1. The molecule has 2 aromatic rings. The van der Waals surface area contributed by atoms with Crippen LogP contribution >= 0.6 is 11.8 Å². The van der Waals surface area contributed by atoms with Crippen molar-refractivity contribution in [3.63, 3.8) is 0 Å². The number of carbonyl (C=O) groups is 3. The van der Waals surface area contributed by atoms with Gasteiger partial charge in [0.2, 0.25) is 0 Å². The van der Waals surface area contributed by atoms with Crippen LogP contribution in [0.1, 0.15) is 31.1 Å². The summed E-state index contributed by atoms with van der Waals surface area (Å²) in [5.74, 6) is -0.620. The lowest BCUT2D eigenvalue weighted by Crippen LogP contribution is -2.58. The van der Waals surface area contributed by atoms with E-state index < -0.39 is 22.9 Å². The fourth-order valence-corrected chi connectivity index (χ4v) is 5.58. The van der Waals surface area contributed by atoms with Crippen LogP contribution in [0.25, 0.3) is 0 Å². The molecule has 2 fully saturated rings. The zero-order valence-electron chi connectivity index (χ0n) is 17.3. The van der Waals surface area contributed by atoms with E-state index in [1.54, 1.807) is 28.8 Å². The molecule has 0 spiro atoms. The molecule has 0 saturated carbocycles. The van der Waals surface area contributed by atoms with Crippen molar-refractivity contribution in [2.75, 3.05) is 0 Å². The Hall–Kier alpha value is -3.12. The number of nitrogens with zero attached hydrogens (tertiary/aromatic N) is 1. The Morgan fingerprint density at radius 1 is 1.03 bits per heavy atom. The molecule has 2 unspecified atom stereocenters. The lowest BCUT2D eigenvalue weighted by atomic mass is 9.95. The number of β-lactam (4-membered cyclic amide) rings is 1. The van der Waals surface area contributed by atoms with Crippen LogP contribution in [0.5, 0.6) is 0 Å². The van der Waals surface area contributed by atoms with Crippen LogP contribution in [0, 0.1) is 0 Å². The fourth-order valence-electron chi connectivity index (χ4n) is 4.03. The predicted octanol–water partition coefficient (Wildman–Crippen LogP) is 4.06. The van der Waals surface area contributed by atoms with E-state index in [0.29, 0.717) is 11.9 Å². The van der Waals surface area contributed by atoms with Crippen LogP contribution in [-0.4, -0.2) is 39.2 Å². The molecule has 6 heteroatoms. The zero-order chi connectivity index (χ0) is 22.0. The Labute approximate surface area is 185 Å². The molecule has 5 nitrogen and oxygen atoms in total. The van der Waals surface area contributed by atoms with E-state index in [0.717, 1.165) is 11.1 Å². The summed E-state index contributed by atoms with van der Waals surface area (Å²) in [6, 6.07) is 18.5. The first-order chi connectivity index (χ1) is 14.9. The monoisotopic (exact) mass is 433 g/mol. The number of rotatable bonds is 6. The summed E-state index contributed by atoms with van der Waals surface area (Å²) in [5.41, 5.74) is 2.34. The van der Waals surface area contributed by atoms with Crippen LogP contribution in [0.2, 0.25) is 0 Å². The molecule has 2 aliphatic rings. The van der Waals surface area contributed by atoms with Crippen LogP contribution < -0.4 is 0 Å². The van der Waals surface area contributed by atoms with Crippen molar-refractivity contribution < 1.29 is 19.1 Å². The first-order valence-electron chi connectivity index (χ1n) is 10.1. The number of hydrogen-bond donors (Lipinski definition) is 0. The zero-order valence-corrected chi connectivity index (χ0v) is 18.1. The van der Waals surface area contributed by atoms with E-state index in [2.05, 4.69) is 0 Å². The van der Waals surface area contributed by atoms with Crippen molar-refractivity contribution in [3.05, 3.63) is 95.6 Å². The second-order valence-corrected chi connectivity index (χ2v) is 9.70. The summed E-state index contributed by atoms with van der Waals surface area (Å²) in [7, 11) is 0. The Morgan fingerprint density at radius 2 is 1.61 bits per heavy atom. The van der Waals surface area contributed by atoms with Crippen molar-refractivity contribution in [1.29, 1.82) is 0 Å². The predicted molar refractivity (Wildman–Crippen MR) is 120 cm³/mol. The number of carbonyl (C=O) groups excluding carboxylic acids is 3. The number of esters is 1. The largest absolute Gasteiger partial charge is 0.451 e. The summed E-state index contributed by atoms with van der Waals surface area (Å²) in [5, 5.41) is -0.219. The van der Waals surface area contributed by atoms with E-state index in [1.165, 1.54) is 6.08 Å². The third-order valence-electron chi connectivity index (χ3n) is 5.48. The molecule has 0 bridgehead atoms. The molecule has 0 aliphatic carbocycles. The first kappa shape index (κ1) is 21.1. The van der Waals surface area contributed by atoms with E-state index >= 15 is 0 Å². The lowest BCUT2D eigenvalue weighted by Gasteiger charge is -2.39. The summed E-state index contributed by atoms with van der Waals surface area (Å²) in [6.45, 7) is 3.90. The van der Waals surface area contributed by atoms with Crippen LogP contribution in [-0.2, 0) is 19.1 Å². The lowest BCUT2D eigenvalue weighted by molar-refractivity contribution is -0.160. The molecule has 1 amide bonds. The molecule has 0 N–H and O–H groups in total. The van der Waals surface area contributed by atoms with E-state index in [4.69, 9.17) is 4.74 Å². The molecular weight excluding hydrogens is 410 g/mol. The van der Waals surface area contributed by atoms with Gasteiger partial charge in [0.15, 0.2) is 6.10 Å². The standard InChI is InChI=1S/C25H23NO4S/c1-25(2)21(26-22(28)19(23(26)31-25)15-9-10-16-27)24(29)30-20(17-11-5-3-6-12-17)18-13-7-4-8-14-18/h3-16,20-21,23H,1-2H3/b10-9-,19-15+. The summed E-state index contributed by atoms with van der Waals surface area (Å²) < 4.78 is 5.54. The number of ether oxygens (including phenoxy) is 1. The Morgan fingerprint density at radius 3 is 2.16 bits per heavy atom. The number of amides is 1. The molecule has 2 heterocycles. The van der Waals surface area contributed by atoms with Gasteiger partial charge in [-0.05, 0) is 31.1 Å². The van der Waals surface area contributed by atoms with Gasteiger partial charge in [0.25, 0.3) is 5.91 Å². The smallest absolute Gasteiger partial charge is 0.331 e. The van der Waals surface area contributed by atoms with Gasteiger partial charge in [-0.1, -0.05) is 72.8 Å². The number of allylic oxidation sites excluding steroid dienone is 3. The molecule has 0 aromatic heterocycles. The highest BCUT2D eigenvalue weighted by molar-refractivity contribution is 8.01. The third-order valence-corrected chi connectivity index (χ3v) is 7.01. The van der Waals surface area contributed by atoms with Gasteiger partial charge in [-0.25, -0.2) is 4.79 Å². The van der Waals surface area contributed by atoms with Crippen LogP contribution in [0.15, 0.2) is 84.5 Å². The summed E-state index contributed by atoms with van der Waals surface area (Å²) >= 11 is 1.56. The Kier molecular flexibility index (Phi) is 5.83. The molecule has 2 saturated heterocycles. The molecule has 0 radical (unpaired) electrons. The van der Waals surface area contributed by atoms with Crippen LogP contribution in [0.4, 0.5) is 0 Å². The average Bonchev–Trinajstić information content (AvgIpc) is 3.03. The fraction of sp³-hybridized carbons (Fsp3) is 0.240. The van der Waals surface area contributed by atoms with Gasteiger partial charge in [0.05, 0.1) is 0 Å². The number of aldehydes is 1. The minimum absolute atomic E-state index is 0.198. The van der Waals surface area contributed by atoms with Crippen molar-refractivity contribution in [2.24, 2.45) is 0 Å². The average molecular weight is 434 g/mol. The second-order valence-electron chi connectivity index (χ2n) is 7.97. The molecular formula is C25H23NO4S. The third kappa shape index (κ3) is 3.95. The van der Waals surface area contributed by atoms with Gasteiger partial charge in [0.1, 0.15) is 17.7 Å².